The normalized spacial score (nSPS) is 13.2. The predicted molar refractivity (Wildman–Crippen MR) is 44.7 cm³/mol. The fourth-order valence-corrected chi connectivity index (χ4v) is 0.801. The first-order valence-electron chi connectivity index (χ1n) is 3.69. The lowest BCUT2D eigenvalue weighted by Gasteiger charge is -2.26. The van der Waals surface area contributed by atoms with Crippen LogP contribution in [-0.2, 0) is 9.63 Å². The van der Waals surface area contributed by atoms with Gasteiger partial charge in [0.1, 0.15) is 6.04 Å². The predicted octanol–water partition coefficient (Wildman–Crippen LogP) is 0.0856. The Morgan fingerprint density at radius 2 is 1.92 bits per heavy atom. The van der Waals surface area contributed by atoms with Crippen LogP contribution in [0.15, 0.2) is 0 Å². The van der Waals surface area contributed by atoms with E-state index >= 15 is 0 Å². The van der Waals surface area contributed by atoms with E-state index in [1.807, 2.05) is 0 Å². The molecule has 0 spiro atoms. The SMILES string of the molecule is CC(C)(C)[C@H](NC(=O)ON)C(=O)O. The average Bonchev–Trinajstić information content (AvgIpc) is 1.96. The molecule has 0 aromatic rings. The molecular weight excluding hydrogens is 176 g/mol. The van der Waals surface area contributed by atoms with Gasteiger partial charge in [-0.3, -0.25) is 0 Å². The molecule has 0 heterocycles. The highest BCUT2D eigenvalue weighted by molar-refractivity contribution is 5.80. The number of carboxylic acids is 1. The van der Waals surface area contributed by atoms with E-state index in [2.05, 4.69) is 16.1 Å². The molecule has 0 saturated carbocycles. The van der Waals surface area contributed by atoms with E-state index in [1.165, 1.54) is 0 Å². The van der Waals surface area contributed by atoms with Crippen molar-refractivity contribution in [3.63, 3.8) is 0 Å². The fourth-order valence-electron chi connectivity index (χ4n) is 0.801. The molecule has 0 rings (SSSR count). The molecule has 0 aliphatic heterocycles. The summed E-state index contributed by atoms with van der Waals surface area (Å²) in [4.78, 5) is 25.2. The van der Waals surface area contributed by atoms with Crippen LogP contribution < -0.4 is 11.2 Å². The minimum atomic E-state index is -1.13. The molecule has 1 amide bonds. The largest absolute Gasteiger partial charge is 0.480 e. The number of carboxylic acid groups (broad SMARTS) is 1. The van der Waals surface area contributed by atoms with E-state index in [0.717, 1.165) is 0 Å². The summed E-state index contributed by atoms with van der Waals surface area (Å²) in [5.41, 5.74) is -0.597. The lowest BCUT2D eigenvalue weighted by molar-refractivity contribution is -0.142. The van der Waals surface area contributed by atoms with Crippen LogP contribution >= 0.6 is 0 Å². The Morgan fingerprint density at radius 1 is 1.46 bits per heavy atom. The van der Waals surface area contributed by atoms with Gasteiger partial charge in [0.2, 0.25) is 0 Å². The van der Waals surface area contributed by atoms with Crippen LogP contribution in [0.1, 0.15) is 20.8 Å². The van der Waals surface area contributed by atoms with Crippen LogP contribution in [0.5, 0.6) is 0 Å². The number of rotatable bonds is 2. The molecular formula is C7H14N2O4. The third-order valence-electron chi connectivity index (χ3n) is 1.48. The highest BCUT2D eigenvalue weighted by Gasteiger charge is 2.32. The Morgan fingerprint density at radius 3 is 2.15 bits per heavy atom. The zero-order valence-electron chi connectivity index (χ0n) is 7.83. The van der Waals surface area contributed by atoms with E-state index in [0.29, 0.717) is 0 Å². The van der Waals surface area contributed by atoms with Crippen LogP contribution in [0.2, 0.25) is 0 Å². The van der Waals surface area contributed by atoms with Gasteiger partial charge in [-0.25, -0.2) is 9.59 Å². The quantitative estimate of drug-likeness (QED) is 0.535. The molecule has 0 aliphatic carbocycles. The van der Waals surface area contributed by atoms with Crippen LogP contribution in [0.25, 0.3) is 0 Å². The van der Waals surface area contributed by atoms with Crippen molar-refractivity contribution >= 4 is 12.1 Å². The molecule has 0 unspecified atom stereocenters. The van der Waals surface area contributed by atoms with E-state index < -0.39 is 23.5 Å². The molecule has 0 radical (unpaired) electrons. The smallest absolute Gasteiger partial charge is 0.426 e. The number of aliphatic carboxylic acids is 1. The van der Waals surface area contributed by atoms with Crippen LogP contribution in [0, 0.1) is 5.41 Å². The lowest BCUT2D eigenvalue weighted by Crippen LogP contribution is -2.49. The molecule has 13 heavy (non-hydrogen) atoms. The Hall–Kier alpha value is -1.30. The first kappa shape index (κ1) is 11.7. The number of hydrogen-bond donors (Lipinski definition) is 3. The topological polar surface area (TPSA) is 102 Å². The highest BCUT2D eigenvalue weighted by Crippen LogP contribution is 2.19. The Labute approximate surface area is 76.0 Å². The minimum Gasteiger partial charge on any atom is -0.480 e. The van der Waals surface area contributed by atoms with E-state index in [1.54, 1.807) is 20.8 Å². The second-order valence-corrected chi connectivity index (χ2v) is 3.69. The van der Waals surface area contributed by atoms with Crippen molar-refractivity contribution in [2.45, 2.75) is 26.8 Å². The van der Waals surface area contributed by atoms with Gasteiger partial charge in [0.15, 0.2) is 0 Å². The average molecular weight is 190 g/mol. The summed E-state index contributed by atoms with van der Waals surface area (Å²) in [6.07, 6.45) is -0.956. The first-order valence-corrected chi connectivity index (χ1v) is 3.69. The molecule has 6 nitrogen and oxygen atoms in total. The maximum absolute atomic E-state index is 10.7. The number of carbonyl (C=O) groups excluding carboxylic acids is 1. The van der Waals surface area contributed by atoms with Gasteiger partial charge in [-0.15, -0.1) is 0 Å². The van der Waals surface area contributed by atoms with Gasteiger partial charge < -0.3 is 15.3 Å². The van der Waals surface area contributed by atoms with Crippen molar-refractivity contribution in [2.24, 2.45) is 11.3 Å². The van der Waals surface area contributed by atoms with Gasteiger partial charge in [-0.1, -0.05) is 20.8 Å². The van der Waals surface area contributed by atoms with Crippen molar-refractivity contribution in [3.05, 3.63) is 0 Å². The third kappa shape index (κ3) is 3.75. The third-order valence-corrected chi connectivity index (χ3v) is 1.48. The van der Waals surface area contributed by atoms with Crippen molar-refractivity contribution in [1.29, 1.82) is 0 Å². The molecule has 0 aromatic carbocycles. The minimum absolute atomic E-state index is 0.597. The number of carbonyl (C=O) groups is 2. The molecule has 0 saturated heterocycles. The number of hydrogen-bond acceptors (Lipinski definition) is 4. The summed E-state index contributed by atoms with van der Waals surface area (Å²) in [5.74, 6) is 3.43. The number of nitrogens with two attached hydrogens (primary N) is 1. The zero-order valence-corrected chi connectivity index (χ0v) is 7.83. The van der Waals surface area contributed by atoms with E-state index in [9.17, 15) is 9.59 Å². The van der Waals surface area contributed by atoms with Crippen LogP contribution in [-0.4, -0.2) is 23.2 Å². The second-order valence-electron chi connectivity index (χ2n) is 3.69. The molecule has 4 N–H and O–H groups in total. The summed E-state index contributed by atoms with van der Waals surface area (Å²) in [5, 5.41) is 10.9. The lowest BCUT2D eigenvalue weighted by atomic mass is 9.87. The van der Waals surface area contributed by atoms with E-state index in [-0.39, 0.29) is 0 Å². The highest BCUT2D eigenvalue weighted by atomic mass is 16.7. The van der Waals surface area contributed by atoms with Gasteiger partial charge in [0, 0.05) is 0 Å². The van der Waals surface area contributed by atoms with E-state index in [4.69, 9.17) is 5.11 Å². The number of amides is 1. The van der Waals surface area contributed by atoms with Crippen molar-refractivity contribution in [1.82, 2.24) is 5.32 Å². The Bertz CT molecular complexity index is 209. The molecule has 0 aromatic heterocycles. The van der Waals surface area contributed by atoms with Crippen molar-refractivity contribution in [3.8, 4) is 0 Å². The van der Waals surface area contributed by atoms with Crippen LogP contribution in [0.4, 0.5) is 4.79 Å². The molecule has 0 aliphatic rings. The van der Waals surface area contributed by atoms with Gasteiger partial charge in [-0.05, 0) is 5.41 Å². The summed E-state index contributed by atoms with van der Waals surface area (Å²) >= 11 is 0. The molecule has 0 fully saturated rings. The molecule has 76 valence electrons. The Balaban J connectivity index is 4.46. The summed E-state index contributed by atoms with van der Waals surface area (Å²) < 4.78 is 0. The number of nitrogens with one attached hydrogen (secondary N) is 1. The van der Waals surface area contributed by atoms with Crippen molar-refractivity contribution in [2.75, 3.05) is 0 Å². The maximum Gasteiger partial charge on any atom is 0.426 e. The molecule has 6 heteroatoms. The fraction of sp³-hybridized carbons (Fsp3) is 0.714. The second kappa shape index (κ2) is 4.08. The van der Waals surface area contributed by atoms with Crippen molar-refractivity contribution < 1.29 is 19.5 Å². The van der Waals surface area contributed by atoms with Gasteiger partial charge in [0.25, 0.3) is 0 Å². The summed E-state index contributed by atoms with van der Waals surface area (Å²) in [7, 11) is 0. The zero-order chi connectivity index (χ0) is 10.6. The maximum atomic E-state index is 10.7. The molecule has 1 atom stereocenters. The molecule has 0 bridgehead atoms. The standard InChI is InChI=1S/C7H14N2O4/c1-7(2,3)4(5(10)11)9-6(12)13-8/h4H,8H2,1-3H3,(H,9,12)(H,10,11)/t4-/m1/s1. The van der Waals surface area contributed by atoms with Gasteiger partial charge >= 0.3 is 12.1 Å². The van der Waals surface area contributed by atoms with Gasteiger partial charge in [-0.2, -0.15) is 5.90 Å². The monoisotopic (exact) mass is 190 g/mol. The first-order chi connectivity index (χ1) is 5.79. The summed E-state index contributed by atoms with van der Waals surface area (Å²) in [6, 6.07) is -1.02. The Kier molecular flexibility index (Phi) is 3.68. The van der Waals surface area contributed by atoms with Crippen LogP contribution in [0.3, 0.4) is 0 Å². The van der Waals surface area contributed by atoms with Gasteiger partial charge in [0.05, 0.1) is 0 Å². The summed E-state index contributed by atoms with van der Waals surface area (Å²) in [6.45, 7) is 5.05.